The third-order valence-electron chi connectivity index (χ3n) is 11.2. The van der Waals surface area contributed by atoms with Crippen LogP contribution in [0.2, 0.25) is 25.2 Å². The molecule has 6 nitrogen and oxygen atoms in total. The lowest BCUT2D eigenvalue weighted by atomic mass is 10.0. The molecule has 7 aromatic rings. The van der Waals surface area contributed by atoms with E-state index in [-0.39, 0.29) is 0 Å². The van der Waals surface area contributed by atoms with E-state index in [1.54, 1.807) is 7.11 Å². The van der Waals surface area contributed by atoms with Crippen LogP contribution in [0.15, 0.2) is 180 Å². The summed E-state index contributed by atoms with van der Waals surface area (Å²) in [5.74, 6) is 1.02. The van der Waals surface area contributed by atoms with Crippen LogP contribution < -0.4 is 9.47 Å². The Morgan fingerprint density at radius 1 is 0.542 bits per heavy atom. The number of hydrogen-bond donors (Lipinski definition) is 0. The Bertz CT molecular complexity index is 2460. The maximum atomic E-state index is 6.43. The van der Waals surface area contributed by atoms with E-state index in [9.17, 15) is 0 Å². The summed E-state index contributed by atoms with van der Waals surface area (Å²) >= 11 is 0. The number of aliphatic imine (C=N–C) groups is 2. The summed E-state index contributed by atoms with van der Waals surface area (Å²) in [5.41, 5.74) is 9.13. The normalized spacial score (nSPS) is 13.5. The number of nitrogens with zero attached hydrogens (tertiary/aromatic N) is 4. The van der Waals surface area contributed by atoms with Crippen LogP contribution in [0.5, 0.6) is 11.5 Å². The molecular formula is C52H52N4O2Si. The molecule has 1 aliphatic rings. The van der Waals surface area contributed by atoms with E-state index in [2.05, 4.69) is 158 Å². The van der Waals surface area contributed by atoms with Crippen LogP contribution in [0.4, 0.5) is 0 Å². The Morgan fingerprint density at radius 3 is 1.56 bits per heavy atom. The summed E-state index contributed by atoms with van der Waals surface area (Å²) in [4.78, 5) is 17.2. The highest BCUT2D eigenvalue weighted by Gasteiger charge is 2.45. The zero-order valence-corrected chi connectivity index (χ0v) is 35.5. The molecule has 2 heterocycles. The second-order valence-corrected chi connectivity index (χ2v) is 21.3. The van der Waals surface area contributed by atoms with Gasteiger partial charge in [-0.3, -0.25) is 4.57 Å². The zero-order chi connectivity index (χ0) is 40.7. The van der Waals surface area contributed by atoms with E-state index in [0.717, 1.165) is 79.9 Å². The highest BCUT2D eigenvalue weighted by Crippen LogP contribution is 2.47. The highest BCUT2D eigenvalue weighted by atomic mass is 28.3. The maximum Gasteiger partial charge on any atom is 0.261 e. The molecule has 0 fully saturated rings. The number of rotatable bonds is 16. The van der Waals surface area contributed by atoms with E-state index in [1.165, 1.54) is 24.9 Å². The summed E-state index contributed by atoms with van der Waals surface area (Å²) in [6.07, 6.45) is 3.64. The predicted octanol–water partition coefficient (Wildman–Crippen LogP) is 12.8. The predicted molar refractivity (Wildman–Crippen MR) is 247 cm³/mol. The molecule has 0 radical (unpaired) electrons. The minimum absolute atomic E-state index is 0.696. The minimum Gasteiger partial charge on any atom is -0.497 e. The average Bonchev–Trinajstić information content (AvgIpc) is 3.90. The standard InChI is InChI=1S/C52H52N4O2Si/c1-5-6-37-59(3,4)38-19-36-58-46-34-30-44(31-35-46)52(54-47(39-20-11-7-12-21-39)48(55-52)40-22-13-8-14-23-40)56-50(42-26-17-10-18-27-42)49(41-24-15-9-16-25-41)53-51(56)43-28-32-45(57-2)33-29-43/h7-18,20-35H,5-6,19,36-38H2,1-4H3. The SMILES string of the molecule is CCCC[Si](C)(C)CCCOc1ccc(C2(n3c(-c4ccc(OC)cc4)nc(-c4ccccc4)c3-c3ccccc3)N=C(c3ccccc3)C(c3ccccc3)=N2)cc1. The molecule has 0 N–H and O–H groups in total. The first-order chi connectivity index (χ1) is 28.9. The lowest BCUT2D eigenvalue weighted by Gasteiger charge is -2.30. The molecule has 59 heavy (non-hydrogen) atoms. The lowest BCUT2D eigenvalue weighted by molar-refractivity contribution is 0.316. The Hall–Kier alpha value is -6.31. The summed E-state index contributed by atoms with van der Waals surface area (Å²) in [5, 5.41) is 0. The second kappa shape index (κ2) is 17.7. The van der Waals surface area contributed by atoms with Gasteiger partial charge < -0.3 is 9.47 Å². The quantitative estimate of drug-likeness (QED) is 0.0723. The Balaban J connectivity index is 1.37. The fourth-order valence-corrected chi connectivity index (χ4v) is 10.7. The molecule has 0 unspecified atom stereocenters. The minimum atomic E-state index is -1.32. The summed E-state index contributed by atoms with van der Waals surface area (Å²) in [7, 11) is 0.462. The number of imidazole rings is 1. The molecule has 1 aliphatic heterocycles. The van der Waals surface area contributed by atoms with Crippen LogP contribution in [0.1, 0.15) is 42.9 Å². The maximum absolute atomic E-state index is 6.43. The smallest absolute Gasteiger partial charge is 0.261 e. The lowest BCUT2D eigenvalue weighted by Crippen LogP contribution is -2.31. The van der Waals surface area contributed by atoms with Gasteiger partial charge in [-0.25, -0.2) is 15.0 Å². The van der Waals surface area contributed by atoms with Gasteiger partial charge in [-0.15, -0.1) is 0 Å². The zero-order valence-electron chi connectivity index (χ0n) is 34.5. The molecule has 296 valence electrons. The molecule has 0 saturated carbocycles. The number of benzene rings is 6. The van der Waals surface area contributed by atoms with E-state index in [1.807, 2.05) is 36.4 Å². The van der Waals surface area contributed by atoms with Gasteiger partial charge in [0.15, 0.2) is 0 Å². The largest absolute Gasteiger partial charge is 0.497 e. The molecular weight excluding hydrogens is 741 g/mol. The van der Waals surface area contributed by atoms with Crippen LogP contribution in [0.25, 0.3) is 33.9 Å². The first-order valence-corrected chi connectivity index (χ1v) is 24.2. The molecule has 8 rings (SSSR count). The number of unbranched alkanes of at least 4 members (excludes halogenated alkanes) is 1. The highest BCUT2D eigenvalue weighted by molar-refractivity contribution is 6.77. The molecule has 0 bridgehead atoms. The van der Waals surface area contributed by atoms with Crippen molar-refractivity contribution in [2.75, 3.05) is 13.7 Å². The van der Waals surface area contributed by atoms with Crippen molar-refractivity contribution in [2.45, 2.75) is 57.2 Å². The molecule has 0 spiro atoms. The number of aromatic nitrogens is 2. The summed E-state index contributed by atoms with van der Waals surface area (Å²) in [6, 6.07) is 60.8. The van der Waals surface area contributed by atoms with Crippen molar-refractivity contribution >= 4 is 19.5 Å². The summed E-state index contributed by atoms with van der Waals surface area (Å²) in [6.45, 7) is 8.00. The van der Waals surface area contributed by atoms with Crippen molar-refractivity contribution in [3.8, 4) is 45.4 Å². The van der Waals surface area contributed by atoms with E-state index in [4.69, 9.17) is 24.4 Å². The molecule has 0 aliphatic carbocycles. The Morgan fingerprint density at radius 2 is 1.03 bits per heavy atom. The van der Waals surface area contributed by atoms with Crippen LogP contribution in [0.3, 0.4) is 0 Å². The summed E-state index contributed by atoms with van der Waals surface area (Å²) < 4.78 is 14.3. The Kier molecular flexibility index (Phi) is 11.8. The van der Waals surface area contributed by atoms with Gasteiger partial charge in [0.25, 0.3) is 5.79 Å². The fourth-order valence-electron chi connectivity index (χ4n) is 8.01. The molecule has 0 saturated heterocycles. The monoisotopic (exact) mass is 792 g/mol. The van der Waals surface area contributed by atoms with Crippen molar-refractivity contribution in [2.24, 2.45) is 9.98 Å². The van der Waals surface area contributed by atoms with E-state index >= 15 is 0 Å². The van der Waals surface area contributed by atoms with Gasteiger partial charge in [-0.2, -0.15) is 0 Å². The van der Waals surface area contributed by atoms with Gasteiger partial charge in [0, 0.05) is 41.5 Å². The van der Waals surface area contributed by atoms with Gasteiger partial charge in [-0.05, 0) is 55.0 Å². The van der Waals surface area contributed by atoms with Crippen molar-refractivity contribution in [3.05, 3.63) is 187 Å². The molecule has 0 atom stereocenters. The van der Waals surface area contributed by atoms with Gasteiger partial charge in [0.05, 0.1) is 36.5 Å². The van der Waals surface area contributed by atoms with Gasteiger partial charge in [-0.1, -0.05) is 166 Å². The average molecular weight is 793 g/mol. The van der Waals surface area contributed by atoms with Crippen LogP contribution >= 0.6 is 0 Å². The van der Waals surface area contributed by atoms with Gasteiger partial charge in [0.1, 0.15) is 17.3 Å². The molecule has 1 aromatic heterocycles. The first-order valence-electron chi connectivity index (χ1n) is 20.8. The van der Waals surface area contributed by atoms with Gasteiger partial charge in [0.2, 0.25) is 0 Å². The third kappa shape index (κ3) is 8.48. The van der Waals surface area contributed by atoms with Crippen LogP contribution in [0, 0.1) is 0 Å². The van der Waals surface area contributed by atoms with Crippen molar-refractivity contribution in [3.63, 3.8) is 0 Å². The molecule has 0 amide bonds. The Labute approximate surface area is 350 Å². The number of methoxy groups -OCH3 is 1. The van der Waals surface area contributed by atoms with E-state index < -0.39 is 13.9 Å². The first kappa shape index (κ1) is 39.5. The van der Waals surface area contributed by atoms with Gasteiger partial charge >= 0.3 is 0 Å². The van der Waals surface area contributed by atoms with Crippen molar-refractivity contribution in [1.82, 2.24) is 9.55 Å². The van der Waals surface area contributed by atoms with Crippen molar-refractivity contribution < 1.29 is 9.47 Å². The fraction of sp³-hybridized carbons (Fsp3) is 0.212. The number of ether oxygens (including phenoxy) is 2. The third-order valence-corrected chi connectivity index (χ3v) is 14.6. The topological polar surface area (TPSA) is 61.0 Å². The number of hydrogen-bond acceptors (Lipinski definition) is 5. The molecule has 6 aromatic carbocycles. The van der Waals surface area contributed by atoms with E-state index in [0.29, 0.717) is 6.61 Å². The van der Waals surface area contributed by atoms with Crippen LogP contribution in [-0.4, -0.2) is 42.8 Å². The second-order valence-electron chi connectivity index (χ2n) is 16.0. The molecule has 7 heteroatoms. The van der Waals surface area contributed by atoms with Crippen molar-refractivity contribution in [1.29, 1.82) is 0 Å². The van der Waals surface area contributed by atoms with Crippen LogP contribution in [-0.2, 0) is 5.79 Å².